The first-order valence-corrected chi connectivity index (χ1v) is 6.72. The maximum absolute atomic E-state index is 10.2. The Morgan fingerprint density at radius 1 is 1.44 bits per heavy atom. The first-order valence-electron chi connectivity index (χ1n) is 6.72. The monoisotopic (exact) mass is 248 g/mol. The van der Waals surface area contributed by atoms with Crippen molar-refractivity contribution in [1.82, 2.24) is 9.88 Å². The van der Waals surface area contributed by atoms with Gasteiger partial charge < -0.3 is 9.84 Å². The van der Waals surface area contributed by atoms with E-state index < -0.39 is 0 Å². The molecule has 2 atom stereocenters. The Hall–Kier alpha value is -0.970. The Kier molecular flexibility index (Phi) is 3.33. The molecule has 1 spiro atoms. The number of piperidine rings is 1. The van der Waals surface area contributed by atoms with Crippen LogP contribution in [0.5, 0.6) is 0 Å². The molecule has 0 aliphatic carbocycles. The van der Waals surface area contributed by atoms with Gasteiger partial charge in [-0.1, -0.05) is 0 Å². The van der Waals surface area contributed by atoms with E-state index in [1.807, 2.05) is 24.5 Å². The number of hydrogen-bond acceptors (Lipinski definition) is 4. The number of aliphatic hydroxyl groups excluding tert-OH is 1. The molecule has 2 fully saturated rings. The minimum Gasteiger partial charge on any atom is -0.390 e. The van der Waals surface area contributed by atoms with Crippen LogP contribution in [0.1, 0.15) is 24.8 Å². The van der Waals surface area contributed by atoms with Gasteiger partial charge in [-0.3, -0.25) is 9.88 Å². The third kappa shape index (κ3) is 2.28. The summed E-state index contributed by atoms with van der Waals surface area (Å²) in [5, 5.41) is 10.2. The van der Waals surface area contributed by atoms with Gasteiger partial charge in [-0.15, -0.1) is 0 Å². The van der Waals surface area contributed by atoms with Crippen LogP contribution in [0.25, 0.3) is 0 Å². The highest BCUT2D eigenvalue weighted by Gasteiger charge is 2.45. The van der Waals surface area contributed by atoms with E-state index >= 15 is 0 Å². The molecule has 3 rings (SSSR count). The average Bonchev–Trinajstić information content (AvgIpc) is 2.85. The summed E-state index contributed by atoms with van der Waals surface area (Å²) in [4.78, 5) is 6.42. The van der Waals surface area contributed by atoms with Crippen LogP contribution in [0.3, 0.4) is 0 Å². The first kappa shape index (κ1) is 12.1. The molecule has 2 aliphatic heterocycles. The zero-order valence-electron chi connectivity index (χ0n) is 10.6. The second-order valence-electron chi connectivity index (χ2n) is 5.39. The number of hydrogen-bond donors (Lipinski definition) is 1. The van der Waals surface area contributed by atoms with Crippen molar-refractivity contribution in [3.05, 3.63) is 30.1 Å². The highest BCUT2D eigenvalue weighted by atomic mass is 16.5. The van der Waals surface area contributed by atoms with E-state index in [4.69, 9.17) is 4.74 Å². The summed E-state index contributed by atoms with van der Waals surface area (Å²) in [7, 11) is 0. The van der Waals surface area contributed by atoms with Crippen molar-refractivity contribution in [2.75, 3.05) is 19.7 Å². The van der Waals surface area contributed by atoms with E-state index in [9.17, 15) is 5.11 Å². The van der Waals surface area contributed by atoms with Crippen LogP contribution in [-0.4, -0.2) is 46.4 Å². The molecule has 0 unspecified atom stereocenters. The molecule has 0 saturated carbocycles. The first-order chi connectivity index (χ1) is 8.78. The molecule has 0 amide bonds. The zero-order valence-corrected chi connectivity index (χ0v) is 10.6. The maximum atomic E-state index is 10.2. The van der Waals surface area contributed by atoms with Gasteiger partial charge in [0.15, 0.2) is 0 Å². The lowest BCUT2D eigenvalue weighted by Crippen LogP contribution is -2.56. The van der Waals surface area contributed by atoms with Crippen molar-refractivity contribution in [2.45, 2.75) is 37.5 Å². The van der Waals surface area contributed by atoms with Gasteiger partial charge in [0.05, 0.1) is 6.10 Å². The highest BCUT2D eigenvalue weighted by molar-refractivity contribution is 5.10. The minimum atomic E-state index is -0.300. The molecule has 2 saturated heterocycles. The smallest absolute Gasteiger partial charge is 0.107 e. The number of likely N-dealkylation sites (tertiary alicyclic amines) is 1. The molecule has 1 N–H and O–H groups in total. The lowest BCUT2D eigenvalue weighted by molar-refractivity contribution is -0.132. The average molecular weight is 248 g/mol. The number of aliphatic hydroxyl groups is 1. The summed E-state index contributed by atoms with van der Waals surface area (Å²) in [5.74, 6) is 0. The van der Waals surface area contributed by atoms with E-state index in [1.165, 1.54) is 5.56 Å². The number of nitrogens with zero attached hydrogens (tertiary/aromatic N) is 2. The van der Waals surface area contributed by atoms with E-state index in [0.29, 0.717) is 0 Å². The van der Waals surface area contributed by atoms with Gasteiger partial charge in [-0.2, -0.15) is 0 Å². The SMILES string of the molecule is O[C@H]1CCN(Cc2ccncc2)C[C@@]12CCCO2. The van der Waals surface area contributed by atoms with Crippen LogP contribution in [0.15, 0.2) is 24.5 Å². The fourth-order valence-corrected chi connectivity index (χ4v) is 3.12. The van der Waals surface area contributed by atoms with Gasteiger partial charge in [0.2, 0.25) is 0 Å². The quantitative estimate of drug-likeness (QED) is 0.854. The Morgan fingerprint density at radius 3 is 3.00 bits per heavy atom. The van der Waals surface area contributed by atoms with Crippen molar-refractivity contribution in [3.8, 4) is 0 Å². The molecule has 4 heteroatoms. The van der Waals surface area contributed by atoms with Crippen LogP contribution in [-0.2, 0) is 11.3 Å². The Bertz CT molecular complexity index is 390. The number of pyridine rings is 1. The molecule has 18 heavy (non-hydrogen) atoms. The lowest BCUT2D eigenvalue weighted by Gasteiger charge is -2.43. The molecule has 4 nitrogen and oxygen atoms in total. The minimum absolute atomic E-state index is 0.298. The van der Waals surface area contributed by atoms with Crippen LogP contribution in [0.4, 0.5) is 0 Å². The molecule has 0 aromatic carbocycles. The predicted octanol–water partition coefficient (Wildman–Crippen LogP) is 1.20. The molecule has 2 aliphatic rings. The molecule has 1 aromatic heterocycles. The number of aromatic nitrogens is 1. The van der Waals surface area contributed by atoms with Crippen LogP contribution < -0.4 is 0 Å². The third-order valence-electron chi connectivity index (χ3n) is 4.11. The molecular weight excluding hydrogens is 228 g/mol. The summed E-state index contributed by atoms with van der Waals surface area (Å²) < 4.78 is 5.86. The Morgan fingerprint density at radius 2 is 2.28 bits per heavy atom. The fraction of sp³-hybridized carbons (Fsp3) is 0.643. The molecule has 0 radical (unpaired) electrons. The topological polar surface area (TPSA) is 45.6 Å². The van der Waals surface area contributed by atoms with Crippen molar-refractivity contribution >= 4 is 0 Å². The van der Waals surface area contributed by atoms with Crippen LogP contribution in [0.2, 0.25) is 0 Å². The van der Waals surface area contributed by atoms with Crippen LogP contribution in [0, 0.1) is 0 Å². The molecule has 98 valence electrons. The summed E-state index contributed by atoms with van der Waals surface area (Å²) in [6.45, 7) is 3.49. The summed E-state index contributed by atoms with van der Waals surface area (Å²) in [6, 6.07) is 4.10. The second-order valence-corrected chi connectivity index (χ2v) is 5.39. The second kappa shape index (κ2) is 4.96. The van der Waals surface area contributed by atoms with Gasteiger partial charge in [0.1, 0.15) is 5.60 Å². The summed E-state index contributed by atoms with van der Waals surface area (Å²) >= 11 is 0. The number of ether oxygens (including phenoxy) is 1. The summed E-state index contributed by atoms with van der Waals surface area (Å²) in [6.07, 6.45) is 6.23. The third-order valence-corrected chi connectivity index (χ3v) is 4.11. The summed E-state index contributed by atoms with van der Waals surface area (Å²) in [5.41, 5.74) is 0.972. The van der Waals surface area contributed by atoms with Crippen molar-refractivity contribution < 1.29 is 9.84 Å². The Labute approximate surface area is 108 Å². The van der Waals surface area contributed by atoms with E-state index in [-0.39, 0.29) is 11.7 Å². The normalized spacial score (nSPS) is 33.1. The maximum Gasteiger partial charge on any atom is 0.107 e. The van der Waals surface area contributed by atoms with Crippen molar-refractivity contribution in [1.29, 1.82) is 0 Å². The van der Waals surface area contributed by atoms with Gasteiger partial charge in [0, 0.05) is 38.6 Å². The van der Waals surface area contributed by atoms with Gasteiger partial charge in [0.25, 0.3) is 0 Å². The Balaban J connectivity index is 1.68. The van der Waals surface area contributed by atoms with E-state index in [2.05, 4.69) is 9.88 Å². The van der Waals surface area contributed by atoms with E-state index in [0.717, 1.165) is 45.5 Å². The molecule has 1 aromatic rings. The highest BCUT2D eigenvalue weighted by Crippen LogP contribution is 2.35. The van der Waals surface area contributed by atoms with Gasteiger partial charge >= 0.3 is 0 Å². The van der Waals surface area contributed by atoms with Gasteiger partial charge in [-0.25, -0.2) is 0 Å². The molecule has 0 bridgehead atoms. The zero-order chi connectivity index (χ0) is 12.4. The largest absolute Gasteiger partial charge is 0.390 e. The van der Waals surface area contributed by atoms with Crippen LogP contribution >= 0.6 is 0 Å². The van der Waals surface area contributed by atoms with Gasteiger partial charge in [-0.05, 0) is 37.0 Å². The number of rotatable bonds is 2. The standard InChI is InChI=1S/C14H20N2O2/c17-13-4-8-16(10-12-2-6-15-7-3-12)11-14(13)5-1-9-18-14/h2-3,6-7,13,17H,1,4-5,8-11H2/t13-,14-/m0/s1. The lowest BCUT2D eigenvalue weighted by atomic mass is 9.87. The van der Waals surface area contributed by atoms with Crippen molar-refractivity contribution in [3.63, 3.8) is 0 Å². The molecular formula is C14H20N2O2. The van der Waals surface area contributed by atoms with E-state index in [1.54, 1.807) is 0 Å². The predicted molar refractivity (Wildman–Crippen MR) is 68.1 cm³/mol. The van der Waals surface area contributed by atoms with Crippen molar-refractivity contribution in [2.24, 2.45) is 0 Å². The fourth-order valence-electron chi connectivity index (χ4n) is 3.12. The molecule has 3 heterocycles.